The van der Waals surface area contributed by atoms with E-state index in [-0.39, 0.29) is 11.9 Å². The van der Waals surface area contributed by atoms with Gasteiger partial charge in [-0.25, -0.2) is 0 Å². The molecule has 0 amide bonds. The van der Waals surface area contributed by atoms with E-state index >= 15 is 0 Å². The van der Waals surface area contributed by atoms with Crippen molar-refractivity contribution in [2.45, 2.75) is 76.3 Å². The summed E-state index contributed by atoms with van der Waals surface area (Å²) in [6.45, 7) is 2.06. The highest BCUT2D eigenvalue weighted by molar-refractivity contribution is 5.14. The van der Waals surface area contributed by atoms with Gasteiger partial charge in [-0.3, -0.25) is 0 Å². The molecule has 3 rings (SSSR count). The van der Waals surface area contributed by atoms with Crippen molar-refractivity contribution in [1.82, 2.24) is 0 Å². The number of rotatable bonds is 4. The summed E-state index contributed by atoms with van der Waals surface area (Å²) in [5.41, 5.74) is 1.40. The molecule has 0 bridgehead atoms. The van der Waals surface area contributed by atoms with Crippen LogP contribution in [-0.4, -0.2) is 18.0 Å². The second kappa shape index (κ2) is 7.43. The van der Waals surface area contributed by atoms with Gasteiger partial charge in [-0.1, -0.05) is 42.5 Å². The Morgan fingerprint density at radius 1 is 1.09 bits per heavy atom. The zero-order valence-electron chi connectivity index (χ0n) is 13.7. The van der Waals surface area contributed by atoms with Crippen LogP contribution in [0, 0.1) is 0 Å². The summed E-state index contributed by atoms with van der Waals surface area (Å²) >= 11 is 0. The summed E-state index contributed by atoms with van der Waals surface area (Å²) in [6.07, 6.45) is 13.9. The predicted molar refractivity (Wildman–Crippen MR) is 89.8 cm³/mol. The third-order valence-corrected chi connectivity index (χ3v) is 4.88. The Hall–Kier alpha value is -1.12. The second-order valence-corrected chi connectivity index (χ2v) is 6.64. The minimum absolute atomic E-state index is 0.242. The van der Waals surface area contributed by atoms with E-state index in [2.05, 4.69) is 49.4 Å². The molecule has 3 atom stereocenters. The lowest BCUT2D eigenvalue weighted by atomic mass is 9.91. The number of ether oxygens (including phenoxy) is 2. The number of aryl methyl sites for hydroxylation is 1. The van der Waals surface area contributed by atoms with Crippen LogP contribution in [0.5, 0.6) is 0 Å². The molecule has 22 heavy (non-hydrogen) atoms. The number of allylic oxidation sites excluding steroid dienone is 1. The van der Waals surface area contributed by atoms with Crippen LogP contribution in [0.2, 0.25) is 0 Å². The minimum atomic E-state index is -0.304. The van der Waals surface area contributed by atoms with Crippen LogP contribution < -0.4 is 0 Å². The van der Waals surface area contributed by atoms with E-state index in [1.165, 1.54) is 24.8 Å². The summed E-state index contributed by atoms with van der Waals surface area (Å²) in [4.78, 5) is 0. The van der Waals surface area contributed by atoms with E-state index in [1.54, 1.807) is 0 Å². The van der Waals surface area contributed by atoms with Crippen molar-refractivity contribution in [3.05, 3.63) is 48.0 Å². The standard InChI is InChI=1S/C20H28O2/c1-2-8-18-11-6-15-20(21-18)16-7-12-19(22-20)14-13-17-9-4-3-5-10-17/h2-5,8-10,18-19H,6-7,11-16H2,1H3/b8-2+/t18-,19+,20+/m1/s1. The van der Waals surface area contributed by atoms with Crippen molar-refractivity contribution >= 4 is 0 Å². The molecule has 1 aromatic rings. The predicted octanol–water partition coefficient (Wildman–Crippen LogP) is 5.03. The molecule has 120 valence electrons. The lowest BCUT2D eigenvalue weighted by Gasteiger charge is -2.45. The summed E-state index contributed by atoms with van der Waals surface area (Å²) in [6, 6.07) is 10.7. The fourth-order valence-electron chi connectivity index (χ4n) is 3.78. The molecule has 2 heterocycles. The molecule has 2 saturated heterocycles. The molecule has 1 aromatic carbocycles. The van der Waals surface area contributed by atoms with E-state index in [0.29, 0.717) is 6.10 Å². The highest BCUT2D eigenvalue weighted by atomic mass is 16.7. The first-order chi connectivity index (χ1) is 10.8. The molecule has 2 aliphatic rings. The monoisotopic (exact) mass is 300 g/mol. The third-order valence-electron chi connectivity index (χ3n) is 4.88. The number of benzene rings is 1. The van der Waals surface area contributed by atoms with Crippen LogP contribution in [0.3, 0.4) is 0 Å². The molecule has 2 aliphatic heterocycles. The summed E-state index contributed by atoms with van der Waals surface area (Å²) in [7, 11) is 0. The molecule has 0 aliphatic carbocycles. The first-order valence-corrected chi connectivity index (χ1v) is 8.82. The zero-order chi connectivity index (χ0) is 15.3. The van der Waals surface area contributed by atoms with Gasteiger partial charge in [0, 0.05) is 12.8 Å². The highest BCUT2D eigenvalue weighted by Crippen LogP contribution is 2.40. The fraction of sp³-hybridized carbons (Fsp3) is 0.600. The number of hydrogen-bond donors (Lipinski definition) is 0. The van der Waals surface area contributed by atoms with Gasteiger partial charge in [-0.2, -0.15) is 0 Å². The molecule has 0 radical (unpaired) electrons. The zero-order valence-corrected chi connectivity index (χ0v) is 13.7. The van der Waals surface area contributed by atoms with Gasteiger partial charge >= 0.3 is 0 Å². The van der Waals surface area contributed by atoms with Gasteiger partial charge < -0.3 is 9.47 Å². The van der Waals surface area contributed by atoms with E-state index < -0.39 is 0 Å². The van der Waals surface area contributed by atoms with Crippen molar-refractivity contribution in [3.8, 4) is 0 Å². The first kappa shape index (κ1) is 15.8. The van der Waals surface area contributed by atoms with E-state index in [0.717, 1.165) is 32.1 Å². The van der Waals surface area contributed by atoms with Gasteiger partial charge in [0.15, 0.2) is 5.79 Å². The fourth-order valence-corrected chi connectivity index (χ4v) is 3.78. The number of hydrogen-bond acceptors (Lipinski definition) is 2. The first-order valence-electron chi connectivity index (χ1n) is 8.82. The summed E-state index contributed by atoms with van der Waals surface area (Å²) < 4.78 is 12.8. The Morgan fingerprint density at radius 2 is 1.86 bits per heavy atom. The molecular weight excluding hydrogens is 272 g/mol. The van der Waals surface area contributed by atoms with Gasteiger partial charge in [0.2, 0.25) is 0 Å². The maximum Gasteiger partial charge on any atom is 0.169 e. The largest absolute Gasteiger partial charge is 0.347 e. The average Bonchev–Trinajstić information content (AvgIpc) is 2.55. The Kier molecular flexibility index (Phi) is 5.32. The highest BCUT2D eigenvalue weighted by Gasteiger charge is 2.41. The molecule has 0 aromatic heterocycles. The van der Waals surface area contributed by atoms with E-state index in [4.69, 9.17) is 9.47 Å². The van der Waals surface area contributed by atoms with Crippen molar-refractivity contribution < 1.29 is 9.47 Å². The smallest absolute Gasteiger partial charge is 0.169 e. The summed E-state index contributed by atoms with van der Waals surface area (Å²) in [5, 5.41) is 0. The molecule has 2 nitrogen and oxygen atoms in total. The molecule has 2 heteroatoms. The maximum absolute atomic E-state index is 6.46. The second-order valence-electron chi connectivity index (χ2n) is 6.64. The van der Waals surface area contributed by atoms with Crippen LogP contribution in [0.1, 0.15) is 57.4 Å². The van der Waals surface area contributed by atoms with Gasteiger partial charge in [-0.15, -0.1) is 0 Å². The molecule has 0 N–H and O–H groups in total. The Morgan fingerprint density at radius 3 is 2.64 bits per heavy atom. The van der Waals surface area contributed by atoms with Crippen molar-refractivity contribution in [3.63, 3.8) is 0 Å². The van der Waals surface area contributed by atoms with Gasteiger partial charge in [0.25, 0.3) is 0 Å². The van der Waals surface area contributed by atoms with Crippen LogP contribution in [0.15, 0.2) is 42.5 Å². The topological polar surface area (TPSA) is 18.5 Å². The molecular formula is C20H28O2. The van der Waals surface area contributed by atoms with Crippen molar-refractivity contribution in [2.24, 2.45) is 0 Å². The lowest BCUT2D eigenvalue weighted by Crippen LogP contribution is -2.47. The van der Waals surface area contributed by atoms with Crippen LogP contribution in [0.25, 0.3) is 0 Å². The van der Waals surface area contributed by atoms with E-state index in [1.807, 2.05) is 0 Å². The molecule has 0 unspecified atom stereocenters. The van der Waals surface area contributed by atoms with Crippen molar-refractivity contribution in [1.29, 1.82) is 0 Å². The molecule has 0 saturated carbocycles. The van der Waals surface area contributed by atoms with Crippen LogP contribution >= 0.6 is 0 Å². The SMILES string of the molecule is C/C=C/[C@@H]1CCC[C@]2(CCC[C@@H](CCc3ccccc3)O2)O1. The minimum Gasteiger partial charge on any atom is -0.347 e. The lowest BCUT2D eigenvalue weighted by molar-refractivity contribution is -0.308. The quantitative estimate of drug-likeness (QED) is 0.726. The Bertz CT molecular complexity index is 478. The van der Waals surface area contributed by atoms with Gasteiger partial charge in [-0.05, 0) is 51.0 Å². The average molecular weight is 300 g/mol. The Labute approximate surface area is 134 Å². The van der Waals surface area contributed by atoms with Crippen LogP contribution in [-0.2, 0) is 15.9 Å². The van der Waals surface area contributed by atoms with Crippen molar-refractivity contribution in [2.75, 3.05) is 0 Å². The van der Waals surface area contributed by atoms with E-state index in [9.17, 15) is 0 Å². The van der Waals surface area contributed by atoms with Crippen LogP contribution in [0.4, 0.5) is 0 Å². The Balaban J connectivity index is 1.56. The van der Waals surface area contributed by atoms with Gasteiger partial charge in [0.05, 0.1) is 12.2 Å². The van der Waals surface area contributed by atoms with Gasteiger partial charge in [0.1, 0.15) is 0 Å². The normalized spacial score (nSPS) is 32.6. The molecule has 2 fully saturated rings. The third kappa shape index (κ3) is 3.99. The summed E-state index contributed by atoms with van der Waals surface area (Å²) in [5.74, 6) is -0.304. The maximum atomic E-state index is 6.46. The molecule has 1 spiro atoms.